The largest absolute Gasteiger partial charge is 0.494 e. The minimum Gasteiger partial charge on any atom is -0.494 e. The van der Waals surface area contributed by atoms with Crippen LogP contribution in [-0.2, 0) is 20.0 Å². The molecule has 2 aromatic heterocycles. The van der Waals surface area contributed by atoms with Gasteiger partial charge in [-0.25, -0.2) is 4.98 Å². The van der Waals surface area contributed by atoms with Crippen LogP contribution in [0, 0.1) is 23.7 Å². The average Bonchev–Trinajstić information content (AvgIpc) is 3.72. The molecule has 1 aliphatic heterocycles. The van der Waals surface area contributed by atoms with Crippen molar-refractivity contribution in [2.75, 3.05) is 13.7 Å². The number of likely N-dealkylation sites (tertiary alicyclic amines) is 1. The molecule has 228 valence electrons. The number of benzene rings is 3. The number of carbonyl (C=O) groups excluding carboxylic acids is 1. The third kappa shape index (κ3) is 4.44. The molecule has 6 heteroatoms. The second-order valence-corrected chi connectivity index (χ2v) is 14.0. The molecule has 3 saturated carbocycles. The third-order valence-corrected chi connectivity index (χ3v) is 11.2. The zero-order valence-electron chi connectivity index (χ0n) is 26.2. The molecule has 3 aliphatic carbocycles. The fourth-order valence-corrected chi connectivity index (χ4v) is 8.63. The van der Waals surface area contributed by atoms with Crippen molar-refractivity contribution in [1.82, 2.24) is 19.0 Å². The highest BCUT2D eigenvalue weighted by atomic mass is 16.5. The van der Waals surface area contributed by atoms with E-state index < -0.39 is 0 Å². The van der Waals surface area contributed by atoms with Crippen molar-refractivity contribution in [3.05, 3.63) is 89.5 Å². The Labute approximate surface area is 264 Å². The van der Waals surface area contributed by atoms with Gasteiger partial charge in [0.1, 0.15) is 11.3 Å². The van der Waals surface area contributed by atoms with Gasteiger partial charge in [-0.3, -0.25) is 4.79 Å². The Kier molecular flexibility index (Phi) is 6.23. The van der Waals surface area contributed by atoms with Gasteiger partial charge in [-0.15, -0.1) is 0 Å². The van der Waals surface area contributed by atoms with Crippen molar-refractivity contribution >= 4 is 33.9 Å². The third-order valence-electron chi connectivity index (χ3n) is 11.2. The van der Waals surface area contributed by atoms with Gasteiger partial charge in [-0.05, 0) is 104 Å². The Bertz CT molecular complexity index is 1980. The number of allylic oxidation sites excluding steroid dienone is 1. The smallest absolute Gasteiger partial charge is 0.254 e. The highest BCUT2D eigenvalue weighted by Crippen LogP contribution is 2.60. The summed E-state index contributed by atoms with van der Waals surface area (Å²) in [4.78, 5) is 21.1. The van der Waals surface area contributed by atoms with Crippen LogP contribution in [0.4, 0.5) is 0 Å². The zero-order valence-corrected chi connectivity index (χ0v) is 26.2. The summed E-state index contributed by atoms with van der Waals surface area (Å²) in [5.41, 5.74) is 7.38. The van der Waals surface area contributed by atoms with E-state index in [0.717, 1.165) is 60.3 Å². The highest BCUT2D eigenvalue weighted by Gasteiger charge is 2.61. The molecule has 1 amide bonds. The number of imidazole rings is 1. The predicted molar refractivity (Wildman–Crippen MR) is 179 cm³/mol. The van der Waals surface area contributed by atoms with Crippen molar-refractivity contribution in [1.29, 1.82) is 0 Å². The van der Waals surface area contributed by atoms with Crippen LogP contribution in [0.3, 0.4) is 0 Å². The Morgan fingerprint density at radius 2 is 1.89 bits per heavy atom. The van der Waals surface area contributed by atoms with Crippen LogP contribution in [0.25, 0.3) is 39.5 Å². The van der Waals surface area contributed by atoms with E-state index in [2.05, 4.69) is 87.8 Å². The van der Waals surface area contributed by atoms with E-state index in [0.29, 0.717) is 29.2 Å². The van der Waals surface area contributed by atoms with E-state index in [1.54, 1.807) is 7.11 Å². The molecule has 3 heterocycles. The first-order valence-corrected chi connectivity index (χ1v) is 16.8. The van der Waals surface area contributed by atoms with Gasteiger partial charge in [0.05, 0.1) is 18.3 Å². The van der Waals surface area contributed by atoms with E-state index in [9.17, 15) is 4.79 Å². The van der Waals surface area contributed by atoms with Crippen LogP contribution >= 0.6 is 0 Å². The number of ether oxygens (including phenoxy) is 1. The number of hydrogen-bond acceptors (Lipinski definition) is 3. The Balaban J connectivity index is 1.06. The molecule has 4 fully saturated rings. The molecule has 0 bridgehead atoms. The molecule has 5 aromatic rings. The quantitative estimate of drug-likeness (QED) is 0.175. The van der Waals surface area contributed by atoms with Gasteiger partial charge in [0, 0.05) is 42.6 Å². The molecule has 4 aliphatic rings. The lowest BCUT2D eigenvalue weighted by molar-refractivity contribution is -0.0204. The van der Waals surface area contributed by atoms with Gasteiger partial charge in [0.15, 0.2) is 5.82 Å². The number of amides is 1. The standard InChI is InChI=1S/C39H40N4O2/c1-41-37-31(18-29(21-35(37)45-2)39(44)43-23-30-17-28-20-33(43)36(28)30)40-38(41)34-19-27-16-25(11-7-6-10-24-8-4-3-5-9-24)14-15-32(27)42(34)22-26-12-13-26/h3-5,7-9,11,14-16,18-19,21,26,28,30,33,36H,6,10,12-13,17,20,22-23H2,1-2H3/b11-7+/t28?,30-,33?,36?/m1/s1. The molecule has 45 heavy (non-hydrogen) atoms. The van der Waals surface area contributed by atoms with Crippen LogP contribution in [-0.4, -0.2) is 44.6 Å². The van der Waals surface area contributed by atoms with Gasteiger partial charge in [-0.1, -0.05) is 48.6 Å². The molecular weight excluding hydrogens is 556 g/mol. The van der Waals surface area contributed by atoms with Gasteiger partial charge in [-0.2, -0.15) is 0 Å². The van der Waals surface area contributed by atoms with E-state index in [1.807, 2.05) is 12.1 Å². The summed E-state index contributed by atoms with van der Waals surface area (Å²) in [6.45, 7) is 1.90. The molecule has 3 aromatic carbocycles. The first kappa shape index (κ1) is 27.0. The number of aromatic nitrogens is 3. The zero-order chi connectivity index (χ0) is 30.2. The van der Waals surface area contributed by atoms with E-state index in [1.165, 1.54) is 47.7 Å². The predicted octanol–water partition coefficient (Wildman–Crippen LogP) is 7.74. The topological polar surface area (TPSA) is 52.3 Å². The van der Waals surface area contributed by atoms with Crippen molar-refractivity contribution in [2.24, 2.45) is 30.7 Å². The fourth-order valence-electron chi connectivity index (χ4n) is 8.63. The van der Waals surface area contributed by atoms with Crippen molar-refractivity contribution in [3.63, 3.8) is 0 Å². The molecule has 0 spiro atoms. The normalized spacial score (nSPS) is 23.5. The number of aryl methyl sites for hydroxylation is 2. The van der Waals surface area contributed by atoms with E-state index in [4.69, 9.17) is 9.72 Å². The number of hydrogen-bond donors (Lipinski definition) is 0. The molecule has 1 saturated heterocycles. The Hall–Kier alpha value is -4.32. The number of fused-ring (bicyclic) bond motifs is 2. The number of nitrogens with zero attached hydrogens (tertiary/aromatic N) is 4. The monoisotopic (exact) mass is 596 g/mol. The fraction of sp³-hybridized carbons (Fsp3) is 0.385. The van der Waals surface area contributed by atoms with Gasteiger partial charge < -0.3 is 18.8 Å². The SMILES string of the molecule is COc1cc(C(=O)N2C[C@H]3CC4CC2C43)cc2nc(-c3cc4cc(/C=C/CCc5ccccc5)ccc4n3CC3CC3)n(C)c12. The minimum absolute atomic E-state index is 0.132. The van der Waals surface area contributed by atoms with Crippen molar-refractivity contribution < 1.29 is 9.53 Å². The van der Waals surface area contributed by atoms with Crippen LogP contribution in [0.2, 0.25) is 0 Å². The average molecular weight is 597 g/mol. The molecule has 3 unspecified atom stereocenters. The lowest BCUT2D eigenvalue weighted by Gasteiger charge is -2.52. The number of carbonyl (C=O) groups is 1. The summed E-state index contributed by atoms with van der Waals surface area (Å²) in [5, 5.41) is 1.23. The minimum atomic E-state index is 0.132. The van der Waals surface area contributed by atoms with Gasteiger partial charge >= 0.3 is 0 Å². The van der Waals surface area contributed by atoms with Crippen LogP contribution < -0.4 is 4.74 Å². The molecule has 6 nitrogen and oxygen atoms in total. The molecule has 9 rings (SSSR count). The van der Waals surface area contributed by atoms with Crippen molar-refractivity contribution in [3.8, 4) is 17.3 Å². The lowest BCUT2D eigenvalue weighted by atomic mass is 9.53. The summed E-state index contributed by atoms with van der Waals surface area (Å²) in [6, 6.07) is 24.1. The summed E-state index contributed by atoms with van der Waals surface area (Å²) in [7, 11) is 3.77. The molecule has 0 N–H and O–H groups in total. The van der Waals surface area contributed by atoms with E-state index in [-0.39, 0.29) is 5.91 Å². The van der Waals surface area contributed by atoms with Crippen LogP contribution in [0.15, 0.2) is 72.8 Å². The number of methoxy groups -OCH3 is 1. The Morgan fingerprint density at radius 1 is 1.02 bits per heavy atom. The number of rotatable bonds is 9. The first-order chi connectivity index (χ1) is 22.1. The second-order valence-electron chi connectivity index (χ2n) is 14.0. The highest BCUT2D eigenvalue weighted by molar-refractivity contribution is 6.00. The molecular formula is C39H40N4O2. The summed E-state index contributed by atoms with van der Waals surface area (Å²) >= 11 is 0. The maximum absolute atomic E-state index is 13.8. The summed E-state index contributed by atoms with van der Waals surface area (Å²) in [5.74, 6) is 4.79. The maximum Gasteiger partial charge on any atom is 0.254 e. The lowest BCUT2D eigenvalue weighted by Crippen LogP contribution is -2.53. The summed E-state index contributed by atoms with van der Waals surface area (Å²) < 4.78 is 10.5. The molecule has 4 atom stereocenters. The molecule has 0 radical (unpaired) electrons. The maximum atomic E-state index is 13.8. The van der Waals surface area contributed by atoms with Crippen molar-refractivity contribution in [2.45, 2.75) is 51.1 Å². The Morgan fingerprint density at radius 3 is 2.67 bits per heavy atom. The van der Waals surface area contributed by atoms with Crippen LogP contribution in [0.5, 0.6) is 5.75 Å². The van der Waals surface area contributed by atoms with Crippen LogP contribution in [0.1, 0.15) is 53.6 Å². The van der Waals surface area contributed by atoms with Gasteiger partial charge in [0.25, 0.3) is 5.91 Å². The summed E-state index contributed by atoms with van der Waals surface area (Å²) in [6.07, 6.45) is 11.6. The second kappa shape index (κ2) is 10.4. The van der Waals surface area contributed by atoms with E-state index >= 15 is 0 Å². The van der Waals surface area contributed by atoms with Gasteiger partial charge in [0.2, 0.25) is 0 Å². The first-order valence-electron chi connectivity index (χ1n) is 16.8.